The van der Waals surface area contributed by atoms with Crippen LogP contribution in [0, 0.1) is 5.82 Å². The van der Waals surface area contributed by atoms with Gasteiger partial charge in [0.25, 0.3) is 0 Å². The van der Waals surface area contributed by atoms with Gasteiger partial charge in [-0.15, -0.1) is 0 Å². The maximum Gasteiger partial charge on any atom is 0.180 e. The molecule has 0 unspecified atom stereocenters. The number of rotatable bonds is 4. The fourth-order valence-electron chi connectivity index (χ4n) is 4.31. The number of anilines is 2. The summed E-state index contributed by atoms with van der Waals surface area (Å²) < 4.78 is 19.1. The van der Waals surface area contributed by atoms with Crippen LogP contribution in [0.3, 0.4) is 0 Å². The van der Waals surface area contributed by atoms with E-state index in [2.05, 4.69) is 14.8 Å². The molecular formula is C23H24FN5O. The smallest absolute Gasteiger partial charge is 0.180 e. The highest BCUT2D eigenvalue weighted by Gasteiger charge is 2.26. The number of piperazine rings is 1. The van der Waals surface area contributed by atoms with Gasteiger partial charge in [0.2, 0.25) is 0 Å². The standard InChI is InChI=1S/C23H24FN5O/c1-30-21-9-8-16(15-18(21)24)28-11-13-29(14-12-28)23-17-5-4-7-19(17)26-22(27-23)20-6-2-3-10-25-20/h2-3,6,8-10,15H,4-5,7,11-14H2,1H3. The first-order chi connectivity index (χ1) is 14.7. The SMILES string of the molecule is COc1ccc(N2CCN(c3nc(-c4ccccn4)nc4c3CCC4)CC2)cc1F. The van der Waals surface area contributed by atoms with Crippen LogP contribution in [-0.2, 0) is 12.8 Å². The number of hydrogen-bond acceptors (Lipinski definition) is 6. The summed E-state index contributed by atoms with van der Waals surface area (Å²) in [7, 11) is 1.48. The fourth-order valence-corrected chi connectivity index (χ4v) is 4.31. The van der Waals surface area contributed by atoms with Gasteiger partial charge in [-0.3, -0.25) is 4.98 Å². The van der Waals surface area contributed by atoms with Crippen molar-refractivity contribution in [3.05, 3.63) is 59.7 Å². The zero-order chi connectivity index (χ0) is 20.5. The second-order valence-electron chi connectivity index (χ2n) is 7.66. The molecule has 0 spiro atoms. The molecule has 1 fully saturated rings. The Morgan fingerprint density at radius 1 is 0.967 bits per heavy atom. The molecule has 5 rings (SSSR count). The van der Waals surface area contributed by atoms with Crippen molar-refractivity contribution in [3.63, 3.8) is 0 Å². The second kappa shape index (κ2) is 7.89. The van der Waals surface area contributed by atoms with Crippen LogP contribution in [0.2, 0.25) is 0 Å². The summed E-state index contributed by atoms with van der Waals surface area (Å²) in [5.41, 5.74) is 4.12. The van der Waals surface area contributed by atoms with Crippen molar-refractivity contribution in [1.82, 2.24) is 15.0 Å². The topological polar surface area (TPSA) is 54.4 Å². The van der Waals surface area contributed by atoms with Crippen molar-refractivity contribution in [1.29, 1.82) is 0 Å². The molecule has 30 heavy (non-hydrogen) atoms. The van der Waals surface area contributed by atoms with Crippen LogP contribution in [0.15, 0.2) is 42.6 Å². The van der Waals surface area contributed by atoms with E-state index in [0.717, 1.165) is 68.3 Å². The number of methoxy groups -OCH3 is 1. The molecule has 3 aromatic rings. The van der Waals surface area contributed by atoms with E-state index < -0.39 is 0 Å². The number of hydrogen-bond donors (Lipinski definition) is 0. The molecule has 0 radical (unpaired) electrons. The largest absolute Gasteiger partial charge is 0.494 e. The van der Waals surface area contributed by atoms with Crippen LogP contribution in [0.5, 0.6) is 5.75 Å². The minimum absolute atomic E-state index is 0.274. The number of benzene rings is 1. The zero-order valence-electron chi connectivity index (χ0n) is 17.0. The lowest BCUT2D eigenvalue weighted by Crippen LogP contribution is -2.47. The highest BCUT2D eigenvalue weighted by atomic mass is 19.1. The van der Waals surface area contributed by atoms with E-state index in [1.165, 1.54) is 12.7 Å². The van der Waals surface area contributed by atoms with Crippen molar-refractivity contribution in [2.45, 2.75) is 19.3 Å². The van der Waals surface area contributed by atoms with Crippen LogP contribution in [0.25, 0.3) is 11.5 Å². The summed E-state index contributed by atoms with van der Waals surface area (Å²) in [6, 6.07) is 11.0. The Balaban J connectivity index is 1.38. The summed E-state index contributed by atoms with van der Waals surface area (Å²) in [6.07, 6.45) is 4.92. The molecule has 0 saturated carbocycles. The molecule has 0 atom stereocenters. The number of pyridine rings is 1. The maximum absolute atomic E-state index is 14.1. The maximum atomic E-state index is 14.1. The highest BCUT2D eigenvalue weighted by Crippen LogP contribution is 2.32. The van der Waals surface area contributed by atoms with Gasteiger partial charge in [-0.05, 0) is 43.5 Å². The van der Waals surface area contributed by atoms with Gasteiger partial charge in [0.1, 0.15) is 11.5 Å². The Morgan fingerprint density at radius 3 is 2.53 bits per heavy atom. The number of fused-ring (bicyclic) bond motifs is 1. The van der Waals surface area contributed by atoms with Crippen LogP contribution in [0.1, 0.15) is 17.7 Å². The zero-order valence-corrected chi connectivity index (χ0v) is 17.0. The summed E-state index contributed by atoms with van der Waals surface area (Å²) in [5, 5.41) is 0. The third-order valence-corrected chi connectivity index (χ3v) is 5.89. The van der Waals surface area contributed by atoms with Crippen molar-refractivity contribution < 1.29 is 9.13 Å². The summed E-state index contributed by atoms with van der Waals surface area (Å²) in [6.45, 7) is 3.28. The molecule has 2 aromatic heterocycles. The van der Waals surface area contributed by atoms with E-state index in [1.54, 1.807) is 18.3 Å². The molecule has 7 heteroatoms. The summed E-state index contributed by atoms with van der Waals surface area (Å²) in [5.74, 6) is 1.69. The number of halogens is 1. The number of aromatic nitrogens is 3. The van der Waals surface area contributed by atoms with Crippen molar-refractivity contribution in [3.8, 4) is 17.3 Å². The lowest BCUT2D eigenvalue weighted by molar-refractivity contribution is 0.386. The van der Waals surface area contributed by atoms with E-state index in [1.807, 2.05) is 24.3 Å². The normalized spacial score (nSPS) is 15.9. The molecule has 0 N–H and O–H groups in total. The van der Waals surface area contributed by atoms with Gasteiger partial charge in [0.05, 0.1) is 7.11 Å². The van der Waals surface area contributed by atoms with Gasteiger partial charge in [-0.2, -0.15) is 0 Å². The Labute approximate surface area is 175 Å². The van der Waals surface area contributed by atoms with Crippen LogP contribution in [0.4, 0.5) is 15.9 Å². The van der Waals surface area contributed by atoms with E-state index >= 15 is 0 Å². The summed E-state index contributed by atoms with van der Waals surface area (Å²) in [4.78, 5) is 18.7. The first kappa shape index (κ1) is 18.8. The number of nitrogens with zero attached hydrogens (tertiary/aromatic N) is 5. The third-order valence-electron chi connectivity index (χ3n) is 5.89. The van der Waals surface area contributed by atoms with E-state index in [4.69, 9.17) is 14.7 Å². The third kappa shape index (κ3) is 3.44. The molecule has 1 aromatic carbocycles. The highest BCUT2D eigenvalue weighted by molar-refractivity contribution is 5.60. The van der Waals surface area contributed by atoms with Crippen LogP contribution >= 0.6 is 0 Å². The number of aryl methyl sites for hydroxylation is 1. The summed E-state index contributed by atoms with van der Waals surface area (Å²) >= 11 is 0. The predicted octanol–water partition coefficient (Wildman–Crippen LogP) is 3.50. The first-order valence-corrected chi connectivity index (χ1v) is 10.4. The van der Waals surface area contributed by atoms with Gasteiger partial charge in [-0.25, -0.2) is 14.4 Å². The minimum Gasteiger partial charge on any atom is -0.494 e. The van der Waals surface area contributed by atoms with E-state index in [9.17, 15) is 4.39 Å². The van der Waals surface area contributed by atoms with Gasteiger partial charge in [-0.1, -0.05) is 6.07 Å². The van der Waals surface area contributed by atoms with Crippen LogP contribution in [-0.4, -0.2) is 48.2 Å². The molecule has 1 saturated heterocycles. The molecule has 1 aliphatic heterocycles. The number of ether oxygens (including phenoxy) is 1. The Kier molecular flexibility index (Phi) is 4.94. The van der Waals surface area contributed by atoms with Crippen molar-refractivity contribution in [2.75, 3.05) is 43.1 Å². The molecule has 2 aliphatic rings. The Hall–Kier alpha value is -3.22. The lowest BCUT2D eigenvalue weighted by Gasteiger charge is -2.37. The average Bonchev–Trinajstić information content (AvgIpc) is 3.28. The van der Waals surface area contributed by atoms with E-state index in [0.29, 0.717) is 5.82 Å². The first-order valence-electron chi connectivity index (χ1n) is 10.4. The molecule has 0 bridgehead atoms. The molecular weight excluding hydrogens is 381 g/mol. The van der Waals surface area contributed by atoms with Gasteiger partial charge in [0, 0.05) is 55.4 Å². The fraction of sp³-hybridized carbons (Fsp3) is 0.348. The average molecular weight is 405 g/mol. The van der Waals surface area contributed by atoms with Crippen LogP contribution < -0.4 is 14.5 Å². The van der Waals surface area contributed by atoms with Gasteiger partial charge >= 0.3 is 0 Å². The van der Waals surface area contributed by atoms with Crippen molar-refractivity contribution >= 4 is 11.5 Å². The Bertz CT molecular complexity index is 1050. The van der Waals surface area contributed by atoms with E-state index in [-0.39, 0.29) is 11.6 Å². The van der Waals surface area contributed by atoms with Gasteiger partial charge < -0.3 is 14.5 Å². The minimum atomic E-state index is -0.328. The molecule has 3 heterocycles. The Morgan fingerprint density at radius 2 is 1.80 bits per heavy atom. The molecule has 154 valence electrons. The molecule has 0 amide bonds. The molecule has 1 aliphatic carbocycles. The second-order valence-corrected chi connectivity index (χ2v) is 7.66. The predicted molar refractivity (Wildman–Crippen MR) is 115 cm³/mol. The quantitative estimate of drug-likeness (QED) is 0.662. The lowest BCUT2D eigenvalue weighted by atomic mass is 10.2. The molecule has 6 nitrogen and oxygen atoms in total. The van der Waals surface area contributed by atoms with Crippen molar-refractivity contribution in [2.24, 2.45) is 0 Å². The van der Waals surface area contributed by atoms with Gasteiger partial charge in [0.15, 0.2) is 17.4 Å². The monoisotopic (exact) mass is 405 g/mol.